The van der Waals surface area contributed by atoms with Crippen LogP contribution in [0.4, 0.5) is 0 Å². The molecule has 2 amide bonds. The molecule has 0 spiro atoms. The largest absolute Gasteiger partial charge is 0.391 e. The van der Waals surface area contributed by atoms with E-state index >= 15 is 0 Å². The van der Waals surface area contributed by atoms with Crippen LogP contribution in [0.2, 0.25) is 0 Å². The lowest BCUT2D eigenvalue weighted by atomic mass is 9.85. The second-order valence-electron chi connectivity index (χ2n) is 12.0. The Balaban J connectivity index is 1.19. The number of aliphatic hydroxyl groups is 1. The topological polar surface area (TPSA) is 126 Å². The molecule has 2 aliphatic carbocycles. The zero-order valence-electron chi connectivity index (χ0n) is 22.5. The Labute approximate surface area is 228 Å². The van der Waals surface area contributed by atoms with Crippen molar-refractivity contribution >= 4 is 23.6 Å². The molecule has 3 fully saturated rings. The number of carbonyl (C=O) groups excluding carboxylic acids is 2. The molecule has 10 nitrogen and oxygen atoms in total. The van der Waals surface area contributed by atoms with E-state index in [2.05, 4.69) is 25.6 Å². The van der Waals surface area contributed by atoms with Crippen molar-refractivity contribution in [3.05, 3.63) is 29.8 Å². The molecule has 2 N–H and O–H groups in total. The van der Waals surface area contributed by atoms with Crippen LogP contribution < -0.4 is 5.32 Å². The Kier molecular flexibility index (Phi) is 8.04. The molecule has 0 radical (unpaired) electrons. The van der Waals surface area contributed by atoms with E-state index in [-0.39, 0.29) is 24.8 Å². The maximum atomic E-state index is 13.8. The highest BCUT2D eigenvalue weighted by Gasteiger charge is 2.45. The lowest BCUT2D eigenvalue weighted by Gasteiger charge is -2.34. The normalized spacial score (nSPS) is 23.1. The van der Waals surface area contributed by atoms with Crippen molar-refractivity contribution in [2.75, 3.05) is 13.1 Å². The molecule has 38 heavy (non-hydrogen) atoms. The average Bonchev–Trinajstić information content (AvgIpc) is 3.22. The van der Waals surface area contributed by atoms with Crippen molar-refractivity contribution in [1.29, 1.82) is 0 Å². The number of rotatable bonds is 9. The van der Waals surface area contributed by atoms with Crippen LogP contribution in [0.25, 0.3) is 0 Å². The fourth-order valence-corrected chi connectivity index (χ4v) is 6.56. The van der Waals surface area contributed by atoms with Crippen molar-refractivity contribution in [3.63, 3.8) is 0 Å². The summed E-state index contributed by atoms with van der Waals surface area (Å²) in [5.41, 5.74) is 1.41. The van der Waals surface area contributed by atoms with Crippen LogP contribution in [0, 0.1) is 5.41 Å². The van der Waals surface area contributed by atoms with Crippen molar-refractivity contribution in [2.24, 2.45) is 5.41 Å². The van der Waals surface area contributed by atoms with Crippen LogP contribution >= 0.6 is 11.8 Å². The Hall–Kier alpha value is -2.53. The molecule has 2 aromatic heterocycles. The first kappa shape index (κ1) is 27.1. The summed E-state index contributed by atoms with van der Waals surface area (Å²) in [6.07, 6.45) is 12.8. The Bertz CT molecular complexity index is 1120. The van der Waals surface area contributed by atoms with Gasteiger partial charge in [0.25, 0.3) is 0 Å². The molecule has 2 unspecified atom stereocenters. The molecule has 0 bridgehead atoms. The molecule has 3 aliphatic rings. The number of nitrogens with zero attached hydrogens (tertiary/aromatic N) is 6. The number of thioether (sulfide) groups is 1. The molecular formula is C27H39N7O3S. The highest BCUT2D eigenvalue weighted by molar-refractivity contribution is 7.99. The minimum Gasteiger partial charge on any atom is -0.391 e. The first-order chi connectivity index (χ1) is 18.2. The van der Waals surface area contributed by atoms with Gasteiger partial charge in [-0.25, -0.2) is 14.6 Å². The fraction of sp³-hybridized carbons (Fsp3) is 0.704. The summed E-state index contributed by atoms with van der Waals surface area (Å²) in [5, 5.41) is 23.4. The number of hydrogen-bond acceptors (Lipinski definition) is 8. The lowest BCUT2D eigenvalue weighted by molar-refractivity contribution is -0.144. The molecule has 3 heterocycles. The number of nitrogens with one attached hydrogen (secondary N) is 1. The fourth-order valence-electron chi connectivity index (χ4n) is 5.46. The monoisotopic (exact) mass is 541 g/mol. The van der Waals surface area contributed by atoms with Gasteiger partial charge in [0.2, 0.25) is 11.8 Å². The molecule has 11 heteroatoms. The van der Waals surface area contributed by atoms with Crippen molar-refractivity contribution in [3.8, 4) is 0 Å². The lowest BCUT2D eigenvalue weighted by Crippen LogP contribution is -2.50. The highest BCUT2D eigenvalue weighted by atomic mass is 32.2. The van der Waals surface area contributed by atoms with E-state index in [0.717, 1.165) is 29.3 Å². The minimum atomic E-state index is -0.744. The van der Waals surface area contributed by atoms with Gasteiger partial charge in [0.1, 0.15) is 12.1 Å². The quantitative estimate of drug-likeness (QED) is 0.464. The molecule has 2 saturated carbocycles. The van der Waals surface area contributed by atoms with Crippen LogP contribution in [0.5, 0.6) is 0 Å². The van der Waals surface area contributed by atoms with E-state index in [1.165, 1.54) is 30.6 Å². The van der Waals surface area contributed by atoms with Crippen LogP contribution in [0.15, 0.2) is 23.7 Å². The SMILES string of the molecule is CC(C)(C)[C@@H](C(=O)N1CC(O)CC1C(=O)NCCc1cnc(SC2CCCC2)nc1)n1cc(C2CC2)nn1. The summed E-state index contributed by atoms with van der Waals surface area (Å²) >= 11 is 1.75. The second kappa shape index (κ2) is 11.3. The predicted octanol–water partition coefficient (Wildman–Crippen LogP) is 2.89. The molecule has 3 atom stereocenters. The number of aliphatic hydroxyl groups excluding tert-OH is 1. The van der Waals surface area contributed by atoms with Gasteiger partial charge in [0.15, 0.2) is 5.16 Å². The summed E-state index contributed by atoms with van der Waals surface area (Å²) in [7, 11) is 0. The second-order valence-corrected chi connectivity index (χ2v) is 13.3. The number of likely N-dealkylation sites (tertiary alicyclic amines) is 1. The molecule has 0 aromatic carbocycles. The zero-order chi connectivity index (χ0) is 26.9. The van der Waals surface area contributed by atoms with Crippen LogP contribution in [0.1, 0.15) is 88.9 Å². The summed E-state index contributed by atoms with van der Waals surface area (Å²) < 4.78 is 1.64. The van der Waals surface area contributed by atoms with Gasteiger partial charge in [0.05, 0.1) is 11.8 Å². The maximum Gasteiger partial charge on any atom is 0.248 e. The Morgan fingerprint density at radius 3 is 2.53 bits per heavy atom. The van der Waals surface area contributed by atoms with Gasteiger partial charge in [-0.05, 0) is 43.1 Å². The standard InChI is InChI=1S/C27H39N7O3S/c1-27(2,3)23(34-16-21(31-32-34)18-8-9-18)25(37)33-15-19(35)12-22(33)24(36)28-11-10-17-13-29-26(30-14-17)38-20-6-4-5-7-20/h13-14,16,18-20,22-23,35H,4-12,15H2,1-3H3,(H,28,36)/t19?,22?,23-/m1/s1. The van der Waals surface area contributed by atoms with E-state index in [9.17, 15) is 14.7 Å². The predicted molar refractivity (Wildman–Crippen MR) is 143 cm³/mol. The van der Waals surface area contributed by atoms with E-state index in [0.29, 0.717) is 24.1 Å². The van der Waals surface area contributed by atoms with E-state index in [1.807, 2.05) is 39.4 Å². The first-order valence-corrected chi connectivity index (χ1v) is 14.7. The summed E-state index contributed by atoms with van der Waals surface area (Å²) in [5.74, 6) is -0.0430. The molecule has 206 valence electrons. The van der Waals surface area contributed by atoms with Gasteiger partial charge in [-0.3, -0.25) is 9.59 Å². The third-order valence-corrected chi connectivity index (χ3v) is 8.90. The smallest absolute Gasteiger partial charge is 0.248 e. The van der Waals surface area contributed by atoms with Gasteiger partial charge < -0.3 is 15.3 Å². The first-order valence-electron chi connectivity index (χ1n) is 13.8. The van der Waals surface area contributed by atoms with Gasteiger partial charge in [0, 0.05) is 49.3 Å². The van der Waals surface area contributed by atoms with Crippen molar-refractivity contribution in [2.45, 2.75) is 107 Å². The average molecular weight is 542 g/mol. The van der Waals surface area contributed by atoms with Gasteiger partial charge >= 0.3 is 0 Å². The van der Waals surface area contributed by atoms with Crippen molar-refractivity contribution in [1.82, 2.24) is 35.2 Å². The van der Waals surface area contributed by atoms with E-state index in [1.54, 1.807) is 16.4 Å². The van der Waals surface area contributed by atoms with Gasteiger partial charge in [-0.2, -0.15) is 0 Å². The number of amides is 2. The molecule has 1 aliphatic heterocycles. The molecular weight excluding hydrogens is 502 g/mol. The summed E-state index contributed by atoms with van der Waals surface area (Å²) in [6.45, 7) is 6.48. The summed E-state index contributed by atoms with van der Waals surface area (Å²) in [6, 6.07) is -1.35. The van der Waals surface area contributed by atoms with Crippen molar-refractivity contribution < 1.29 is 14.7 Å². The third kappa shape index (κ3) is 6.36. The minimum absolute atomic E-state index is 0.127. The van der Waals surface area contributed by atoms with E-state index in [4.69, 9.17) is 0 Å². The maximum absolute atomic E-state index is 13.8. The van der Waals surface area contributed by atoms with Crippen LogP contribution in [-0.2, 0) is 16.0 Å². The number of β-amino-alcohol motifs (C(OH)–C–C–N with tert-alkyl or cyclic N) is 1. The number of carbonyl (C=O) groups is 2. The van der Waals surface area contributed by atoms with Crippen LogP contribution in [-0.4, -0.2) is 77.3 Å². The Morgan fingerprint density at radius 1 is 1.16 bits per heavy atom. The Morgan fingerprint density at radius 2 is 1.87 bits per heavy atom. The third-order valence-electron chi connectivity index (χ3n) is 7.68. The van der Waals surface area contributed by atoms with Gasteiger partial charge in [-0.1, -0.05) is 50.6 Å². The van der Waals surface area contributed by atoms with Crippen LogP contribution in [0.3, 0.4) is 0 Å². The molecule has 2 aromatic rings. The number of hydrogen-bond donors (Lipinski definition) is 2. The number of aromatic nitrogens is 5. The van der Waals surface area contributed by atoms with Gasteiger partial charge in [-0.15, -0.1) is 5.10 Å². The van der Waals surface area contributed by atoms with E-state index < -0.39 is 23.6 Å². The molecule has 1 saturated heterocycles. The molecule has 5 rings (SSSR count). The highest BCUT2D eigenvalue weighted by Crippen LogP contribution is 2.40. The zero-order valence-corrected chi connectivity index (χ0v) is 23.4. The summed E-state index contributed by atoms with van der Waals surface area (Å²) in [4.78, 5) is 37.5.